The van der Waals surface area contributed by atoms with E-state index in [0.717, 1.165) is 12.1 Å². The fourth-order valence-corrected chi connectivity index (χ4v) is 2.15. The number of hydrogen-bond donors (Lipinski definition) is 1. The number of nitrogens with zero attached hydrogens (tertiary/aromatic N) is 1. The summed E-state index contributed by atoms with van der Waals surface area (Å²) >= 11 is 2.86. The molecule has 19 heavy (non-hydrogen) atoms. The maximum atomic E-state index is 13.5. The first-order valence-electron chi connectivity index (χ1n) is 5.60. The zero-order chi connectivity index (χ0) is 14.7. The highest BCUT2D eigenvalue weighted by Gasteiger charge is 2.30. The van der Waals surface area contributed by atoms with Gasteiger partial charge in [0.2, 0.25) is 0 Å². The molecule has 0 bridgehead atoms. The molecule has 1 rings (SSSR count). The Balaban J connectivity index is 3.40. The first-order chi connectivity index (χ1) is 8.73. The second-order valence-electron chi connectivity index (χ2n) is 4.60. The number of nitro benzene ring substituents is 1. The van der Waals surface area contributed by atoms with E-state index in [1.54, 1.807) is 13.8 Å². The normalized spacial score (nSPS) is 12.5. The molecule has 0 saturated heterocycles. The summed E-state index contributed by atoms with van der Waals surface area (Å²) in [6.07, 6.45) is 0.206. The minimum atomic E-state index is -1.20. The fourth-order valence-electron chi connectivity index (χ4n) is 1.82. The van der Waals surface area contributed by atoms with Crippen molar-refractivity contribution < 1.29 is 19.2 Å². The second kappa shape index (κ2) is 6.10. The molecule has 1 aromatic carbocycles. The lowest BCUT2D eigenvalue weighted by Gasteiger charge is -2.15. The molecule has 0 heterocycles. The molecule has 0 aromatic heterocycles. The molecule has 0 fully saturated rings. The molecule has 1 unspecified atom stereocenters. The minimum Gasteiger partial charge on any atom is -0.481 e. The van der Waals surface area contributed by atoms with Crippen LogP contribution in [0.3, 0.4) is 0 Å². The summed E-state index contributed by atoms with van der Waals surface area (Å²) < 4.78 is 13.5. The summed E-state index contributed by atoms with van der Waals surface area (Å²) in [4.78, 5) is 21.5. The third-order valence-electron chi connectivity index (χ3n) is 2.65. The highest BCUT2D eigenvalue weighted by molar-refractivity contribution is 9.10. The summed E-state index contributed by atoms with van der Waals surface area (Å²) in [5.74, 6) is -2.98. The summed E-state index contributed by atoms with van der Waals surface area (Å²) in [5, 5.41) is 20.2. The fraction of sp³-hybridized carbons (Fsp3) is 0.417. The molecule has 0 saturated carbocycles. The standard InChI is InChI=1S/C12H13BrFNO4/c1-6(2)3-8(12(16)17)7-4-10(14)9(13)5-11(7)15(18)19/h4-6,8H,3H2,1-2H3,(H,16,17). The lowest BCUT2D eigenvalue weighted by molar-refractivity contribution is -0.385. The summed E-state index contributed by atoms with van der Waals surface area (Å²) in [6, 6.07) is 1.92. The van der Waals surface area contributed by atoms with E-state index in [2.05, 4.69) is 15.9 Å². The first kappa shape index (κ1) is 15.6. The molecule has 1 N–H and O–H groups in total. The van der Waals surface area contributed by atoms with Crippen molar-refractivity contribution >= 4 is 27.6 Å². The van der Waals surface area contributed by atoms with Crippen LogP contribution in [0.5, 0.6) is 0 Å². The number of rotatable bonds is 5. The van der Waals surface area contributed by atoms with Gasteiger partial charge in [-0.25, -0.2) is 4.39 Å². The zero-order valence-electron chi connectivity index (χ0n) is 10.4. The minimum absolute atomic E-state index is 0.0208. The second-order valence-corrected chi connectivity index (χ2v) is 5.46. The van der Waals surface area contributed by atoms with E-state index in [9.17, 15) is 24.4 Å². The highest BCUT2D eigenvalue weighted by Crippen LogP contribution is 2.35. The van der Waals surface area contributed by atoms with Gasteiger partial charge in [-0.2, -0.15) is 0 Å². The number of aliphatic carboxylic acids is 1. The molecular weight excluding hydrogens is 321 g/mol. The van der Waals surface area contributed by atoms with Gasteiger partial charge in [-0.1, -0.05) is 13.8 Å². The van der Waals surface area contributed by atoms with Crippen molar-refractivity contribution in [3.05, 3.63) is 38.1 Å². The van der Waals surface area contributed by atoms with Gasteiger partial charge >= 0.3 is 5.97 Å². The van der Waals surface area contributed by atoms with Gasteiger partial charge in [0.1, 0.15) is 5.82 Å². The van der Waals surface area contributed by atoms with Gasteiger partial charge in [-0.3, -0.25) is 14.9 Å². The third-order valence-corrected chi connectivity index (χ3v) is 3.25. The van der Waals surface area contributed by atoms with E-state index in [4.69, 9.17) is 0 Å². The summed E-state index contributed by atoms with van der Waals surface area (Å²) in [5.41, 5.74) is -0.492. The molecule has 0 aliphatic rings. The van der Waals surface area contributed by atoms with E-state index in [-0.39, 0.29) is 28.1 Å². The van der Waals surface area contributed by atoms with Gasteiger partial charge in [0.15, 0.2) is 0 Å². The Morgan fingerprint density at radius 2 is 2.11 bits per heavy atom. The number of nitro groups is 1. The van der Waals surface area contributed by atoms with Gasteiger partial charge in [0.25, 0.3) is 5.69 Å². The van der Waals surface area contributed by atoms with Crippen LogP contribution < -0.4 is 0 Å². The third kappa shape index (κ3) is 3.73. The van der Waals surface area contributed by atoms with E-state index in [1.165, 1.54) is 0 Å². The predicted molar refractivity (Wildman–Crippen MR) is 70.6 cm³/mol. The monoisotopic (exact) mass is 333 g/mol. The van der Waals surface area contributed by atoms with Crippen molar-refractivity contribution in [2.24, 2.45) is 5.92 Å². The summed E-state index contributed by atoms with van der Waals surface area (Å²) in [6.45, 7) is 3.61. The number of hydrogen-bond acceptors (Lipinski definition) is 3. The van der Waals surface area contributed by atoms with E-state index < -0.39 is 22.6 Å². The first-order valence-corrected chi connectivity index (χ1v) is 6.39. The van der Waals surface area contributed by atoms with Gasteiger partial charge in [-0.15, -0.1) is 0 Å². The Hall–Kier alpha value is -1.50. The molecule has 0 amide bonds. The maximum absolute atomic E-state index is 13.5. The number of carboxylic acids is 1. The van der Waals surface area contributed by atoms with E-state index >= 15 is 0 Å². The predicted octanol–water partition coefficient (Wildman–Crippen LogP) is 3.71. The molecule has 1 aromatic rings. The number of benzene rings is 1. The summed E-state index contributed by atoms with van der Waals surface area (Å²) in [7, 11) is 0. The Kier molecular flexibility index (Phi) is 4.99. The number of carboxylic acid groups (broad SMARTS) is 1. The quantitative estimate of drug-likeness (QED) is 0.657. The van der Waals surface area contributed by atoms with Crippen molar-refractivity contribution in [1.29, 1.82) is 0 Å². The Labute approximate surface area is 117 Å². The smallest absolute Gasteiger partial charge is 0.311 e. The molecule has 5 nitrogen and oxygen atoms in total. The van der Waals surface area contributed by atoms with Gasteiger partial charge in [-0.05, 0) is 34.3 Å². The van der Waals surface area contributed by atoms with Crippen molar-refractivity contribution in [3.8, 4) is 0 Å². The Morgan fingerprint density at radius 3 is 2.53 bits per heavy atom. The van der Waals surface area contributed by atoms with Crippen LogP contribution in [0.1, 0.15) is 31.7 Å². The molecule has 7 heteroatoms. The molecule has 0 aliphatic carbocycles. The van der Waals surface area contributed by atoms with Crippen LogP contribution in [0.15, 0.2) is 16.6 Å². The van der Waals surface area contributed by atoms with Crippen molar-refractivity contribution in [2.45, 2.75) is 26.2 Å². The number of halogens is 2. The van der Waals surface area contributed by atoms with Gasteiger partial charge < -0.3 is 5.11 Å². The maximum Gasteiger partial charge on any atom is 0.311 e. The van der Waals surface area contributed by atoms with Crippen molar-refractivity contribution in [2.75, 3.05) is 0 Å². The molecule has 1 atom stereocenters. The Bertz CT molecular complexity index is 519. The molecule has 0 aliphatic heterocycles. The topological polar surface area (TPSA) is 80.4 Å². The average Bonchev–Trinajstić information content (AvgIpc) is 2.28. The molecule has 0 radical (unpaired) electrons. The van der Waals surface area contributed by atoms with Crippen molar-refractivity contribution in [3.63, 3.8) is 0 Å². The van der Waals surface area contributed by atoms with E-state index in [1.807, 2.05) is 0 Å². The SMILES string of the molecule is CC(C)CC(C(=O)O)c1cc(F)c(Br)cc1[N+](=O)[O-]. The van der Waals surface area contributed by atoms with Crippen LogP contribution >= 0.6 is 15.9 Å². The molecule has 104 valence electrons. The molecule has 0 spiro atoms. The van der Waals surface area contributed by atoms with Gasteiger partial charge in [0.05, 0.1) is 15.3 Å². The highest BCUT2D eigenvalue weighted by atomic mass is 79.9. The van der Waals surface area contributed by atoms with Gasteiger partial charge in [0, 0.05) is 11.6 Å². The van der Waals surface area contributed by atoms with Crippen LogP contribution in [0.2, 0.25) is 0 Å². The van der Waals surface area contributed by atoms with Crippen LogP contribution in [0, 0.1) is 21.8 Å². The van der Waals surface area contributed by atoms with Crippen molar-refractivity contribution in [1.82, 2.24) is 0 Å². The number of carbonyl (C=O) groups is 1. The van der Waals surface area contributed by atoms with E-state index in [0.29, 0.717) is 0 Å². The average molecular weight is 334 g/mol. The van der Waals surface area contributed by atoms with Crippen LogP contribution in [0.4, 0.5) is 10.1 Å². The lowest BCUT2D eigenvalue weighted by atomic mass is 9.89. The molecular formula is C12H13BrFNO4. The largest absolute Gasteiger partial charge is 0.481 e. The zero-order valence-corrected chi connectivity index (χ0v) is 12.0. The van der Waals surface area contributed by atoms with Crippen LogP contribution in [0.25, 0.3) is 0 Å². The van der Waals surface area contributed by atoms with Crippen LogP contribution in [-0.4, -0.2) is 16.0 Å². The Morgan fingerprint density at radius 1 is 1.53 bits per heavy atom. The lowest BCUT2D eigenvalue weighted by Crippen LogP contribution is -2.16. The van der Waals surface area contributed by atoms with Crippen LogP contribution in [-0.2, 0) is 4.79 Å².